The van der Waals surface area contributed by atoms with Crippen LogP contribution in [0, 0.1) is 5.82 Å². The minimum atomic E-state index is -0.282. The Balaban J connectivity index is 2.33. The number of aromatic nitrogens is 2. The van der Waals surface area contributed by atoms with Crippen LogP contribution in [0.1, 0.15) is 18.5 Å². The van der Waals surface area contributed by atoms with Crippen molar-refractivity contribution in [2.24, 2.45) is 5.73 Å². The summed E-state index contributed by atoms with van der Waals surface area (Å²) in [5, 5.41) is 0.626. The van der Waals surface area contributed by atoms with Crippen molar-refractivity contribution >= 4 is 11.8 Å². The molecule has 0 radical (unpaired) electrons. The van der Waals surface area contributed by atoms with E-state index in [0.717, 1.165) is 10.5 Å². The molecule has 0 spiro atoms. The molecule has 0 bridgehead atoms. The van der Waals surface area contributed by atoms with E-state index in [0.29, 0.717) is 5.16 Å². The molecule has 0 amide bonds. The molecule has 0 saturated heterocycles. The molecule has 0 saturated carbocycles. The smallest absolute Gasteiger partial charge is 0.192 e. The second kappa shape index (κ2) is 5.25. The molecule has 2 N–H and O–H groups in total. The van der Waals surface area contributed by atoms with E-state index in [2.05, 4.69) is 9.97 Å². The number of nitrogens with zero attached hydrogens (tertiary/aromatic N) is 2. The number of nitrogens with two attached hydrogens (primary N) is 1. The van der Waals surface area contributed by atoms with E-state index in [-0.39, 0.29) is 11.9 Å². The van der Waals surface area contributed by atoms with E-state index in [9.17, 15) is 4.39 Å². The molecule has 1 aromatic heterocycles. The summed E-state index contributed by atoms with van der Waals surface area (Å²) < 4.78 is 13.2. The summed E-state index contributed by atoms with van der Waals surface area (Å²) >= 11 is 1.38. The molecular formula is C12H12FN3S. The zero-order valence-corrected chi connectivity index (χ0v) is 10.1. The zero-order chi connectivity index (χ0) is 12.3. The van der Waals surface area contributed by atoms with Crippen molar-refractivity contribution in [1.82, 2.24) is 9.97 Å². The third-order valence-electron chi connectivity index (χ3n) is 2.21. The van der Waals surface area contributed by atoms with Gasteiger partial charge in [0.2, 0.25) is 0 Å². The molecule has 0 aliphatic rings. The average Bonchev–Trinajstić information content (AvgIpc) is 2.32. The summed E-state index contributed by atoms with van der Waals surface area (Å²) in [6.07, 6.45) is 3.34. The van der Waals surface area contributed by atoms with Crippen molar-refractivity contribution in [2.75, 3.05) is 0 Å². The Hall–Kier alpha value is -1.46. The molecule has 2 aromatic rings. The number of rotatable bonds is 3. The highest BCUT2D eigenvalue weighted by molar-refractivity contribution is 7.99. The first-order chi connectivity index (χ1) is 8.16. The van der Waals surface area contributed by atoms with Crippen LogP contribution in [0.5, 0.6) is 0 Å². The van der Waals surface area contributed by atoms with Crippen molar-refractivity contribution < 1.29 is 4.39 Å². The Bertz CT molecular complexity index is 502. The summed E-state index contributed by atoms with van der Waals surface area (Å²) in [5.74, 6) is -0.282. The van der Waals surface area contributed by atoms with E-state index in [4.69, 9.17) is 5.73 Å². The Morgan fingerprint density at radius 1 is 1.29 bits per heavy atom. The standard InChI is InChI=1S/C12H12FN3S/c1-8(14)10-7-9(13)3-4-11(10)17-12-15-5-2-6-16-12/h2-8H,14H2,1H3/t8-/m0/s1. The van der Waals surface area contributed by atoms with Gasteiger partial charge in [-0.15, -0.1) is 0 Å². The van der Waals surface area contributed by atoms with E-state index >= 15 is 0 Å². The summed E-state index contributed by atoms with van der Waals surface area (Å²) in [7, 11) is 0. The fourth-order valence-electron chi connectivity index (χ4n) is 1.40. The highest BCUT2D eigenvalue weighted by atomic mass is 32.2. The minimum Gasteiger partial charge on any atom is -0.324 e. The van der Waals surface area contributed by atoms with E-state index in [1.165, 1.54) is 23.9 Å². The van der Waals surface area contributed by atoms with Gasteiger partial charge in [-0.05, 0) is 48.5 Å². The highest BCUT2D eigenvalue weighted by Crippen LogP contribution is 2.30. The van der Waals surface area contributed by atoms with Gasteiger partial charge in [-0.2, -0.15) is 0 Å². The van der Waals surface area contributed by atoms with E-state index < -0.39 is 0 Å². The summed E-state index contributed by atoms with van der Waals surface area (Å²) in [6, 6.07) is 6.10. The van der Waals surface area contributed by atoms with Gasteiger partial charge in [0.15, 0.2) is 5.16 Å². The third-order valence-corrected chi connectivity index (χ3v) is 3.19. The Morgan fingerprint density at radius 3 is 2.65 bits per heavy atom. The Morgan fingerprint density at radius 2 is 2.00 bits per heavy atom. The number of benzene rings is 1. The van der Waals surface area contributed by atoms with Crippen LogP contribution in [0.3, 0.4) is 0 Å². The lowest BCUT2D eigenvalue weighted by Crippen LogP contribution is -2.07. The summed E-state index contributed by atoms with van der Waals surface area (Å²) in [4.78, 5) is 9.11. The Kier molecular flexibility index (Phi) is 3.71. The molecule has 1 atom stereocenters. The van der Waals surface area contributed by atoms with Gasteiger partial charge >= 0.3 is 0 Å². The number of hydrogen-bond acceptors (Lipinski definition) is 4. The van der Waals surface area contributed by atoms with Crippen LogP contribution in [-0.2, 0) is 0 Å². The minimum absolute atomic E-state index is 0.225. The van der Waals surface area contributed by atoms with Crippen LogP contribution in [0.4, 0.5) is 4.39 Å². The van der Waals surface area contributed by atoms with Crippen LogP contribution in [0.25, 0.3) is 0 Å². The van der Waals surface area contributed by atoms with Crippen molar-refractivity contribution in [3.05, 3.63) is 48.0 Å². The predicted molar refractivity (Wildman–Crippen MR) is 65.2 cm³/mol. The van der Waals surface area contributed by atoms with E-state index in [1.807, 2.05) is 6.92 Å². The van der Waals surface area contributed by atoms with Crippen LogP contribution in [0.2, 0.25) is 0 Å². The molecule has 1 aromatic carbocycles. The van der Waals surface area contributed by atoms with Gasteiger partial charge in [0.25, 0.3) is 0 Å². The molecule has 3 nitrogen and oxygen atoms in total. The average molecular weight is 249 g/mol. The highest BCUT2D eigenvalue weighted by Gasteiger charge is 2.10. The molecular weight excluding hydrogens is 237 g/mol. The fourth-order valence-corrected chi connectivity index (χ4v) is 2.33. The first kappa shape index (κ1) is 12.0. The molecule has 88 valence electrons. The van der Waals surface area contributed by atoms with Crippen molar-refractivity contribution in [3.63, 3.8) is 0 Å². The second-order valence-electron chi connectivity index (χ2n) is 3.60. The first-order valence-electron chi connectivity index (χ1n) is 5.16. The van der Waals surface area contributed by atoms with Gasteiger partial charge in [-0.1, -0.05) is 0 Å². The quantitative estimate of drug-likeness (QED) is 0.850. The SMILES string of the molecule is C[C@H](N)c1cc(F)ccc1Sc1ncccn1. The van der Waals surface area contributed by atoms with Gasteiger partial charge in [-0.3, -0.25) is 0 Å². The zero-order valence-electron chi connectivity index (χ0n) is 9.30. The lowest BCUT2D eigenvalue weighted by Gasteiger charge is -2.11. The van der Waals surface area contributed by atoms with Crippen molar-refractivity contribution in [1.29, 1.82) is 0 Å². The lowest BCUT2D eigenvalue weighted by molar-refractivity contribution is 0.619. The molecule has 5 heteroatoms. The molecule has 2 rings (SSSR count). The second-order valence-corrected chi connectivity index (χ2v) is 4.61. The number of hydrogen-bond donors (Lipinski definition) is 1. The fraction of sp³-hybridized carbons (Fsp3) is 0.167. The van der Waals surface area contributed by atoms with Gasteiger partial charge in [0, 0.05) is 23.3 Å². The normalized spacial score (nSPS) is 12.4. The van der Waals surface area contributed by atoms with Crippen LogP contribution in [-0.4, -0.2) is 9.97 Å². The maximum absolute atomic E-state index is 13.2. The summed E-state index contributed by atoms with van der Waals surface area (Å²) in [5.41, 5.74) is 6.58. The van der Waals surface area contributed by atoms with Crippen molar-refractivity contribution in [3.8, 4) is 0 Å². The van der Waals surface area contributed by atoms with Crippen LogP contribution >= 0.6 is 11.8 Å². The molecule has 0 unspecified atom stereocenters. The van der Waals surface area contributed by atoms with Crippen LogP contribution in [0.15, 0.2) is 46.7 Å². The molecule has 0 aliphatic carbocycles. The lowest BCUT2D eigenvalue weighted by atomic mass is 10.1. The largest absolute Gasteiger partial charge is 0.324 e. The monoisotopic (exact) mass is 249 g/mol. The third kappa shape index (κ3) is 3.01. The number of halogens is 1. The van der Waals surface area contributed by atoms with Crippen LogP contribution < -0.4 is 5.73 Å². The van der Waals surface area contributed by atoms with Gasteiger partial charge in [0.05, 0.1) is 0 Å². The molecule has 0 fully saturated rings. The van der Waals surface area contributed by atoms with Gasteiger partial charge in [0.1, 0.15) is 5.82 Å². The molecule has 1 heterocycles. The maximum atomic E-state index is 13.2. The Labute approximate surface area is 103 Å². The first-order valence-corrected chi connectivity index (χ1v) is 5.98. The maximum Gasteiger partial charge on any atom is 0.192 e. The predicted octanol–water partition coefficient (Wildman–Crippen LogP) is 2.79. The molecule has 0 aliphatic heterocycles. The summed E-state index contributed by atoms with van der Waals surface area (Å²) in [6.45, 7) is 1.82. The topological polar surface area (TPSA) is 51.8 Å². The van der Waals surface area contributed by atoms with Crippen molar-refractivity contribution in [2.45, 2.75) is 23.0 Å². The van der Waals surface area contributed by atoms with Gasteiger partial charge in [-0.25, -0.2) is 14.4 Å². The van der Waals surface area contributed by atoms with Gasteiger partial charge < -0.3 is 5.73 Å². The molecule has 17 heavy (non-hydrogen) atoms. The van der Waals surface area contributed by atoms with E-state index in [1.54, 1.807) is 24.5 Å².